The number of hydrogen-bond donors (Lipinski definition) is 2. The normalized spacial score (nSPS) is 12.8. The summed E-state index contributed by atoms with van der Waals surface area (Å²) < 4.78 is 9.84. The fourth-order valence-electron chi connectivity index (χ4n) is 2.41. The van der Waals surface area contributed by atoms with Crippen LogP contribution in [0.15, 0.2) is 48.5 Å². The largest absolute Gasteiger partial charge is 0.469 e. The van der Waals surface area contributed by atoms with Crippen LogP contribution in [0.3, 0.4) is 0 Å². The maximum absolute atomic E-state index is 12.0. The van der Waals surface area contributed by atoms with Crippen LogP contribution in [-0.4, -0.2) is 19.2 Å². The Labute approximate surface area is 157 Å². The Kier molecular flexibility index (Phi) is 6.60. The number of hydrogen-bond acceptors (Lipinski definition) is 5. The summed E-state index contributed by atoms with van der Waals surface area (Å²) in [6.07, 6.45) is -0.690. The minimum absolute atomic E-state index is 0.0505. The van der Waals surface area contributed by atoms with Crippen LogP contribution in [0, 0.1) is 0 Å². The number of carbonyl (C=O) groups excluding carboxylic acids is 2. The monoisotopic (exact) mass is 376 g/mol. The first-order valence-electron chi connectivity index (χ1n) is 7.96. The third-order valence-electron chi connectivity index (χ3n) is 3.80. The van der Waals surface area contributed by atoms with Crippen LogP contribution < -0.4 is 11.1 Å². The predicted octanol–water partition coefficient (Wildman–Crippen LogP) is 3.83. The Hall–Kier alpha value is -2.57. The number of rotatable bonds is 6. The van der Waals surface area contributed by atoms with Crippen LogP contribution in [0.2, 0.25) is 5.02 Å². The smallest absolute Gasteiger partial charge is 0.412 e. The lowest BCUT2D eigenvalue weighted by Gasteiger charge is -2.26. The SMILES string of the molecule is COC(=O)C[C@](C)(N)c1cccc(NC(=O)OCc2ccccc2)c1Cl. The highest BCUT2D eigenvalue weighted by Gasteiger charge is 2.29. The van der Waals surface area contributed by atoms with E-state index in [-0.39, 0.29) is 18.1 Å². The van der Waals surface area contributed by atoms with Crippen LogP contribution >= 0.6 is 11.6 Å². The third kappa shape index (κ3) is 5.21. The van der Waals surface area contributed by atoms with Gasteiger partial charge in [-0.15, -0.1) is 0 Å². The van der Waals surface area contributed by atoms with Gasteiger partial charge < -0.3 is 15.2 Å². The Morgan fingerprint density at radius 3 is 2.50 bits per heavy atom. The van der Waals surface area contributed by atoms with Gasteiger partial charge in [0, 0.05) is 0 Å². The predicted molar refractivity (Wildman–Crippen MR) is 99.9 cm³/mol. The Morgan fingerprint density at radius 1 is 1.15 bits per heavy atom. The van der Waals surface area contributed by atoms with Gasteiger partial charge in [0.2, 0.25) is 0 Å². The first kappa shape index (κ1) is 19.8. The molecule has 138 valence electrons. The lowest BCUT2D eigenvalue weighted by atomic mass is 9.89. The van der Waals surface area contributed by atoms with Gasteiger partial charge in [-0.3, -0.25) is 10.1 Å². The average Bonchev–Trinajstić information content (AvgIpc) is 2.62. The quantitative estimate of drug-likeness (QED) is 0.748. The maximum atomic E-state index is 12.0. The maximum Gasteiger partial charge on any atom is 0.412 e. The van der Waals surface area contributed by atoms with E-state index in [0.29, 0.717) is 11.3 Å². The second kappa shape index (κ2) is 8.69. The van der Waals surface area contributed by atoms with Crippen molar-refractivity contribution < 1.29 is 19.1 Å². The van der Waals surface area contributed by atoms with E-state index in [2.05, 4.69) is 10.1 Å². The van der Waals surface area contributed by atoms with Crippen LogP contribution in [0.4, 0.5) is 10.5 Å². The summed E-state index contributed by atoms with van der Waals surface area (Å²) in [6.45, 7) is 1.81. The molecule has 0 bridgehead atoms. The molecule has 0 aliphatic rings. The van der Waals surface area contributed by atoms with Gasteiger partial charge in [-0.1, -0.05) is 54.1 Å². The highest BCUT2D eigenvalue weighted by molar-refractivity contribution is 6.34. The van der Waals surface area contributed by atoms with Crippen molar-refractivity contribution in [1.29, 1.82) is 0 Å². The van der Waals surface area contributed by atoms with Gasteiger partial charge in [0.25, 0.3) is 0 Å². The molecule has 26 heavy (non-hydrogen) atoms. The van der Waals surface area contributed by atoms with Crippen molar-refractivity contribution in [2.45, 2.75) is 25.5 Å². The van der Waals surface area contributed by atoms with Gasteiger partial charge in [0.15, 0.2) is 0 Å². The van der Waals surface area contributed by atoms with Crippen molar-refractivity contribution in [2.75, 3.05) is 12.4 Å². The molecule has 0 saturated carbocycles. The molecule has 0 unspecified atom stereocenters. The Morgan fingerprint density at radius 2 is 1.85 bits per heavy atom. The Bertz CT molecular complexity index is 778. The van der Waals surface area contributed by atoms with Crippen molar-refractivity contribution in [1.82, 2.24) is 0 Å². The molecule has 0 heterocycles. The van der Waals surface area contributed by atoms with E-state index in [1.807, 2.05) is 30.3 Å². The molecule has 0 spiro atoms. The number of nitrogens with two attached hydrogens (primary N) is 1. The average molecular weight is 377 g/mol. The van der Waals surface area contributed by atoms with Crippen molar-refractivity contribution in [2.24, 2.45) is 5.73 Å². The number of methoxy groups -OCH3 is 1. The molecule has 2 aromatic carbocycles. The summed E-state index contributed by atoms with van der Waals surface area (Å²) >= 11 is 6.38. The van der Waals surface area contributed by atoms with Crippen molar-refractivity contribution in [3.8, 4) is 0 Å². The van der Waals surface area contributed by atoms with Gasteiger partial charge in [-0.2, -0.15) is 0 Å². The summed E-state index contributed by atoms with van der Waals surface area (Å²) in [5, 5.41) is 2.84. The number of esters is 1. The number of amides is 1. The number of ether oxygens (including phenoxy) is 2. The zero-order chi connectivity index (χ0) is 19.2. The van der Waals surface area contributed by atoms with Gasteiger partial charge in [0.05, 0.1) is 29.8 Å². The van der Waals surface area contributed by atoms with Crippen LogP contribution in [0.25, 0.3) is 0 Å². The van der Waals surface area contributed by atoms with Gasteiger partial charge in [-0.05, 0) is 24.1 Å². The molecule has 3 N–H and O–H groups in total. The van der Waals surface area contributed by atoms with Gasteiger partial charge in [0.1, 0.15) is 6.61 Å². The van der Waals surface area contributed by atoms with Crippen LogP contribution in [0.1, 0.15) is 24.5 Å². The molecule has 0 radical (unpaired) electrons. The molecule has 0 fully saturated rings. The van der Waals surface area contributed by atoms with E-state index >= 15 is 0 Å². The fraction of sp³-hybridized carbons (Fsp3) is 0.263. The van der Waals surface area contributed by atoms with Gasteiger partial charge in [-0.25, -0.2) is 4.79 Å². The lowest BCUT2D eigenvalue weighted by molar-refractivity contribution is -0.141. The zero-order valence-corrected chi connectivity index (χ0v) is 15.4. The molecular formula is C19H21ClN2O4. The van der Waals surface area contributed by atoms with E-state index in [4.69, 9.17) is 22.1 Å². The molecule has 0 aliphatic carbocycles. The minimum atomic E-state index is -1.05. The summed E-state index contributed by atoms with van der Waals surface area (Å²) in [4.78, 5) is 23.6. The summed E-state index contributed by atoms with van der Waals surface area (Å²) in [7, 11) is 1.29. The van der Waals surface area contributed by atoms with Crippen LogP contribution in [-0.2, 0) is 26.4 Å². The molecular weight excluding hydrogens is 356 g/mol. The summed E-state index contributed by atoms with van der Waals surface area (Å²) in [5.74, 6) is -0.452. The molecule has 0 aromatic heterocycles. The topological polar surface area (TPSA) is 90.6 Å². The lowest BCUT2D eigenvalue weighted by Crippen LogP contribution is -2.36. The third-order valence-corrected chi connectivity index (χ3v) is 4.21. The zero-order valence-electron chi connectivity index (χ0n) is 14.6. The summed E-state index contributed by atoms with van der Waals surface area (Å²) in [6, 6.07) is 14.3. The van der Waals surface area contributed by atoms with E-state index in [9.17, 15) is 9.59 Å². The van der Waals surface area contributed by atoms with E-state index in [0.717, 1.165) is 5.56 Å². The van der Waals surface area contributed by atoms with E-state index in [1.54, 1.807) is 25.1 Å². The number of carbonyl (C=O) groups is 2. The summed E-state index contributed by atoms with van der Waals surface area (Å²) in [5.41, 5.74) is 6.91. The molecule has 2 aromatic rings. The molecule has 7 heteroatoms. The van der Waals surface area contributed by atoms with Crippen LogP contribution in [0.5, 0.6) is 0 Å². The number of anilines is 1. The standard InChI is InChI=1S/C19H21ClN2O4/c1-19(21,11-16(23)25-2)14-9-6-10-15(17(14)20)22-18(24)26-12-13-7-4-3-5-8-13/h3-10H,11-12,21H2,1-2H3,(H,22,24)/t19-/m0/s1. The number of halogens is 1. The first-order chi connectivity index (χ1) is 12.3. The molecule has 6 nitrogen and oxygen atoms in total. The van der Waals surface area contributed by atoms with Crippen molar-refractivity contribution >= 4 is 29.4 Å². The van der Waals surface area contributed by atoms with Crippen molar-refractivity contribution in [3.63, 3.8) is 0 Å². The molecule has 0 saturated heterocycles. The molecule has 0 aliphatic heterocycles. The highest BCUT2D eigenvalue weighted by atomic mass is 35.5. The number of nitrogens with one attached hydrogen (secondary N) is 1. The van der Waals surface area contributed by atoms with Crippen molar-refractivity contribution in [3.05, 3.63) is 64.7 Å². The second-order valence-corrected chi connectivity index (χ2v) is 6.40. The number of benzene rings is 2. The molecule has 1 atom stereocenters. The second-order valence-electron chi connectivity index (χ2n) is 6.02. The van der Waals surface area contributed by atoms with E-state index in [1.165, 1.54) is 7.11 Å². The minimum Gasteiger partial charge on any atom is -0.469 e. The highest BCUT2D eigenvalue weighted by Crippen LogP contribution is 2.34. The van der Waals surface area contributed by atoms with E-state index < -0.39 is 17.6 Å². The fourth-order valence-corrected chi connectivity index (χ4v) is 2.80. The molecule has 2 rings (SSSR count). The van der Waals surface area contributed by atoms with Gasteiger partial charge >= 0.3 is 12.1 Å². The first-order valence-corrected chi connectivity index (χ1v) is 8.33. The Balaban J connectivity index is 2.08. The molecule has 1 amide bonds.